The Morgan fingerprint density at radius 3 is 0.787 bits per heavy atom. The first-order valence-electron chi connectivity index (χ1n) is 23.9. The molecule has 0 aliphatic carbocycles. The van der Waals surface area contributed by atoms with Gasteiger partial charge in [0.15, 0.2) is 0 Å². The largest absolute Gasteiger partial charge is 0.481 e. The van der Waals surface area contributed by atoms with Crippen molar-refractivity contribution in [2.45, 2.75) is 135 Å². The molecule has 0 fully saturated rings. The van der Waals surface area contributed by atoms with Gasteiger partial charge in [-0.2, -0.15) is 0 Å². The second-order valence-corrected chi connectivity index (χ2v) is 14.9. The molecule has 15 nitrogen and oxygen atoms in total. The Hall–Kier alpha value is -1.50. The predicted octanol–water partition coefficient (Wildman–Crippen LogP) is 7.62. The number of rotatable bonds is 55. The lowest BCUT2D eigenvalue weighted by molar-refractivity contribution is -0.146. The van der Waals surface area contributed by atoms with Crippen LogP contribution in [0.4, 0.5) is 0 Å². The van der Waals surface area contributed by atoms with Gasteiger partial charge in [-0.05, 0) is 19.3 Å². The van der Waals surface area contributed by atoms with Crippen LogP contribution in [0.15, 0.2) is 0 Å². The fourth-order valence-corrected chi connectivity index (χ4v) is 5.89. The summed E-state index contributed by atoms with van der Waals surface area (Å²) in [6.45, 7) is 13.6. The molecule has 0 aliphatic heterocycles. The molecule has 364 valence electrons. The number of aliphatic carboxylic acids is 1. The number of esters is 1. The van der Waals surface area contributed by atoms with E-state index in [1.165, 1.54) is 96.3 Å². The third kappa shape index (κ3) is 56.5. The summed E-state index contributed by atoms with van der Waals surface area (Å²) in [5, 5.41) is 8.57. The molecule has 0 aliphatic rings. The van der Waals surface area contributed by atoms with Crippen molar-refractivity contribution in [3.63, 3.8) is 0 Å². The lowest BCUT2D eigenvalue weighted by Gasteiger charge is -2.09. The minimum atomic E-state index is -0.861. The molecule has 0 rings (SSSR count). The van der Waals surface area contributed by atoms with E-state index in [-0.39, 0.29) is 32.0 Å². The zero-order chi connectivity index (χ0) is 44.0. The van der Waals surface area contributed by atoms with E-state index in [4.69, 9.17) is 61.9 Å². The van der Waals surface area contributed by atoms with Gasteiger partial charge >= 0.3 is 11.9 Å². The van der Waals surface area contributed by atoms with Crippen LogP contribution in [0.1, 0.15) is 135 Å². The molecule has 0 atom stereocenters. The van der Waals surface area contributed by atoms with Crippen molar-refractivity contribution in [3.05, 3.63) is 0 Å². The Balaban J connectivity index is 3.09. The van der Waals surface area contributed by atoms with E-state index in [0.717, 1.165) is 13.0 Å². The Kier molecular flexibility index (Phi) is 53.3. The number of carbonyl (C=O) groups excluding carboxylic acids is 1. The van der Waals surface area contributed by atoms with Crippen LogP contribution >= 0.6 is 0 Å². The van der Waals surface area contributed by atoms with Gasteiger partial charge in [-0.3, -0.25) is 9.59 Å². The van der Waals surface area contributed by atoms with Gasteiger partial charge in [-0.1, -0.05) is 103 Å². The highest BCUT2D eigenvalue weighted by Crippen LogP contribution is 2.13. The molecule has 0 aromatic carbocycles. The summed E-state index contributed by atoms with van der Waals surface area (Å²) in [6.07, 6.45) is 23.3. The maximum Gasteiger partial charge on any atom is 0.305 e. The molecule has 0 aromatic heterocycles. The van der Waals surface area contributed by atoms with E-state index in [1.807, 2.05) is 0 Å². The van der Waals surface area contributed by atoms with Crippen LogP contribution in [0.2, 0.25) is 0 Å². The van der Waals surface area contributed by atoms with E-state index < -0.39 is 5.97 Å². The molecular formula is C46H90O15. The van der Waals surface area contributed by atoms with Gasteiger partial charge in [0, 0.05) is 19.4 Å². The molecule has 0 spiro atoms. The molecule has 0 saturated carbocycles. The maximum absolute atomic E-state index is 11.5. The Bertz CT molecular complexity index is 854. The summed E-state index contributed by atoms with van der Waals surface area (Å²) in [5.74, 6) is -1.21. The summed E-state index contributed by atoms with van der Waals surface area (Å²) >= 11 is 0. The van der Waals surface area contributed by atoms with Crippen molar-refractivity contribution in [3.8, 4) is 0 Å². The summed E-state index contributed by atoms with van der Waals surface area (Å²) < 4.78 is 65.6. The second-order valence-electron chi connectivity index (χ2n) is 14.9. The highest BCUT2D eigenvalue weighted by atomic mass is 16.6. The van der Waals surface area contributed by atoms with Crippen LogP contribution in [0.25, 0.3) is 0 Å². The Morgan fingerprint density at radius 1 is 0.279 bits per heavy atom. The number of carboxylic acids is 1. The third-order valence-electron chi connectivity index (χ3n) is 9.37. The molecule has 0 saturated heterocycles. The first kappa shape index (κ1) is 59.5. The van der Waals surface area contributed by atoms with Crippen LogP contribution in [0, 0.1) is 0 Å². The van der Waals surface area contributed by atoms with Gasteiger partial charge in [-0.15, -0.1) is 0 Å². The highest BCUT2D eigenvalue weighted by molar-refractivity contribution is 5.69. The molecule has 0 heterocycles. The van der Waals surface area contributed by atoms with Crippen LogP contribution in [-0.2, 0) is 66.4 Å². The molecule has 15 heteroatoms. The van der Waals surface area contributed by atoms with Gasteiger partial charge in [0.2, 0.25) is 0 Å². The molecule has 0 amide bonds. The molecule has 0 aromatic rings. The first-order valence-corrected chi connectivity index (χ1v) is 23.9. The average Bonchev–Trinajstić information content (AvgIpc) is 3.25. The first-order chi connectivity index (χ1) is 30.2. The second kappa shape index (κ2) is 54.6. The number of carbonyl (C=O) groups is 2. The molecule has 61 heavy (non-hydrogen) atoms. The zero-order valence-corrected chi connectivity index (χ0v) is 38.6. The monoisotopic (exact) mass is 883 g/mol. The lowest BCUT2D eigenvalue weighted by Crippen LogP contribution is -2.15. The van der Waals surface area contributed by atoms with Crippen molar-refractivity contribution in [1.82, 2.24) is 0 Å². The van der Waals surface area contributed by atoms with E-state index in [2.05, 4.69) is 6.92 Å². The van der Waals surface area contributed by atoms with E-state index >= 15 is 0 Å². The van der Waals surface area contributed by atoms with Gasteiger partial charge in [0.1, 0.15) is 6.61 Å². The van der Waals surface area contributed by atoms with Crippen LogP contribution in [-0.4, -0.2) is 169 Å². The summed E-state index contributed by atoms with van der Waals surface area (Å²) in [7, 11) is 0. The SMILES string of the molecule is CCCCCCCCCCCCCCCCCCOCCOCCOCCOCCOCCOCCOCCOCCOCCOCCOCCOC(=O)CCCCC(=O)O. The number of hydrogen-bond donors (Lipinski definition) is 1. The van der Waals surface area contributed by atoms with Crippen molar-refractivity contribution < 1.29 is 71.5 Å². The molecule has 1 N–H and O–H groups in total. The predicted molar refractivity (Wildman–Crippen MR) is 236 cm³/mol. The van der Waals surface area contributed by atoms with Crippen LogP contribution in [0.5, 0.6) is 0 Å². The van der Waals surface area contributed by atoms with Crippen LogP contribution in [0.3, 0.4) is 0 Å². The third-order valence-corrected chi connectivity index (χ3v) is 9.37. The van der Waals surface area contributed by atoms with Gasteiger partial charge in [-0.25, -0.2) is 0 Å². The quantitative estimate of drug-likeness (QED) is 0.0468. The Labute approximate surface area is 370 Å². The van der Waals surface area contributed by atoms with Gasteiger partial charge in [0.25, 0.3) is 0 Å². The number of unbranched alkanes of at least 4 members (excludes halogenated alkanes) is 16. The van der Waals surface area contributed by atoms with E-state index in [1.54, 1.807) is 0 Å². The van der Waals surface area contributed by atoms with Gasteiger partial charge in [0.05, 0.1) is 139 Å². The standard InChI is InChI=1S/C46H90O15/c1-2-3-4-5-6-7-8-9-10-11-12-13-14-15-16-19-22-50-23-24-51-25-26-52-27-28-53-29-30-54-31-32-55-33-34-56-35-36-57-37-38-58-39-40-59-41-42-60-43-44-61-46(49)21-18-17-20-45(47)48/h2-44H2,1H3,(H,47,48). The molecular weight excluding hydrogens is 792 g/mol. The number of ether oxygens (including phenoxy) is 12. The molecule has 0 radical (unpaired) electrons. The summed E-state index contributed by atoms with van der Waals surface area (Å²) in [5.41, 5.74) is 0. The highest BCUT2D eigenvalue weighted by Gasteiger charge is 2.04. The zero-order valence-electron chi connectivity index (χ0n) is 38.6. The number of carboxylic acid groups (broad SMARTS) is 1. The average molecular weight is 883 g/mol. The number of hydrogen-bond acceptors (Lipinski definition) is 14. The normalized spacial score (nSPS) is 11.5. The minimum Gasteiger partial charge on any atom is -0.481 e. The van der Waals surface area contributed by atoms with E-state index in [0.29, 0.717) is 145 Å². The summed E-state index contributed by atoms with van der Waals surface area (Å²) in [4.78, 5) is 21.9. The van der Waals surface area contributed by atoms with E-state index in [9.17, 15) is 9.59 Å². The lowest BCUT2D eigenvalue weighted by atomic mass is 10.0. The van der Waals surface area contributed by atoms with Crippen molar-refractivity contribution in [1.29, 1.82) is 0 Å². The molecule has 0 bridgehead atoms. The topological polar surface area (TPSA) is 165 Å². The minimum absolute atomic E-state index is 0.0608. The fraction of sp³-hybridized carbons (Fsp3) is 0.957. The van der Waals surface area contributed by atoms with Crippen LogP contribution < -0.4 is 0 Å². The molecule has 0 unspecified atom stereocenters. The van der Waals surface area contributed by atoms with Crippen molar-refractivity contribution in [2.24, 2.45) is 0 Å². The smallest absolute Gasteiger partial charge is 0.305 e. The van der Waals surface area contributed by atoms with Crippen molar-refractivity contribution in [2.75, 3.05) is 152 Å². The fourth-order valence-electron chi connectivity index (χ4n) is 5.89. The van der Waals surface area contributed by atoms with Gasteiger partial charge < -0.3 is 61.9 Å². The summed E-state index contributed by atoms with van der Waals surface area (Å²) in [6, 6.07) is 0. The maximum atomic E-state index is 11.5. The Morgan fingerprint density at radius 2 is 0.508 bits per heavy atom. The van der Waals surface area contributed by atoms with Crippen molar-refractivity contribution >= 4 is 11.9 Å².